The fourth-order valence-corrected chi connectivity index (χ4v) is 1.87. The standard InChI is InChI=1S/C12H13N3OS/c1-16-12(17)10-9(14-15-11(10)13)7-8-5-3-2-4-6-8/h2-6H,7H2,1H3,(H3,13,14,15). The van der Waals surface area contributed by atoms with E-state index < -0.39 is 0 Å². The van der Waals surface area contributed by atoms with Crippen molar-refractivity contribution in [3.63, 3.8) is 0 Å². The van der Waals surface area contributed by atoms with Gasteiger partial charge in [0.25, 0.3) is 0 Å². The van der Waals surface area contributed by atoms with Crippen molar-refractivity contribution in [1.29, 1.82) is 0 Å². The molecule has 0 aliphatic rings. The first-order valence-corrected chi connectivity index (χ1v) is 5.58. The van der Waals surface area contributed by atoms with Gasteiger partial charge in [0.1, 0.15) is 5.82 Å². The van der Waals surface area contributed by atoms with Crippen LogP contribution in [0.15, 0.2) is 30.3 Å². The number of hydrogen-bond acceptors (Lipinski definition) is 4. The van der Waals surface area contributed by atoms with Gasteiger partial charge in [0.15, 0.2) is 5.05 Å². The van der Waals surface area contributed by atoms with Crippen LogP contribution in [0, 0.1) is 0 Å². The molecule has 2 aromatic rings. The summed E-state index contributed by atoms with van der Waals surface area (Å²) in [4.78, 5) is 0. The van der Waals surface area contributed by atoms with Crippen LogP contribution in [0.5, 0.6) is 0 Å². The number of nitrogens with one attached hydrogen (secondary N) is 1. The first-order chi connectivity index (χ1) is 8.22. The van der Waals surface area contributed by atoms with Crippen molar-refractivity contribution >= 4 is 23.1 Å². The molecule has 0 atom stereocenters. The number of anilines is 1. The molecule has 17 heavy (non-hydrogen) atoms. The highest BCUT2D eigenvalue weighted by Crippen LogP contribution is 2.18. The number of H-pyrrole nitrogens is 1. The van der Waals surface area contributed by atoms with Crippen LogP contribution < -0.4 is 5.73 Å². The number of aromatic amines is 1. The highest BCUT2D eigenvalue weighted by atomic mass is 32.1. The van der Waals surface area contributed by atoms with Gasteiger partial charge < -0.3 is 10.5 Å². The zero-order valence-electron chi connectivity index (χ0n) is 9.43. The summed E-state index contributed by atoms with van der Waals surface area (Å²) in [7, 11) is 1.53. The molecule has 0 radical (unpaired) electrons. The third-order valence-electron chi connectivity index (χ3n) is 2.47. The van der Waals surface area contributed by atoms with Crippen molar-refractivity contribution in [3.8, 4) is 0 Å². The van der Waals surface area contributed by atoms with Gasteiger partial charge in [0.2, 0.25) is 0 Å². The molecule has 0 bridgehead atoms. The minimum atomic E-state index is 0.363. The first-order valence-electron chi connectivity index (χ1n) is 5.17. The molecule has 0 aliphatic heterocycles. The van der Waals surface area contributed by atoms with Crippen LogP contribution in [0.3, 0.4) is 0 Å². The highest BCUT2D eigenvalue weighted by molar-refractivity contribution is 7.80. The second kappa shape index (κ2) is 4.97. The lowest BCUT2D eigenvalue weighted by Gasteiger charge is -2.04. The Morgan fingerprint density at radius 1 is 1.41 bits per heavy atom. The van der Waals surface area contributed by atoms with Gasteiger partial charge in [0, 0.05) is 6.42 Å². The van der Waals surface area contributed by atoms with Crippen LogP contribution in [0.4, 0.5) is 5.82 Å². The van der Waals surface area contributed by atoms with Gasteiger partial charge in [-0.2, -0.15) is 5.10 Å². The normalized spacial score (nSPS) is 10.2. The van der Waals surface area contributed by atoms with E-state index in [2.05, 4.69) is 10.2 Å². The van der Waals surface area contributed by atoms with Crippen molar-refractivity contribution in [2.45, 2.75) is 6.42 Å². The fraction of sp³-hybridized carbons (Fsp3) is 0.167. The first kappa shape index (κ1) is 11.6. The molecule has 0 spiro atoms. The zero-order chi connectivity index (χ0) is 12.3. The summed E-state index contributed by atoms with van der Waals surface area (Å²) in [6.45, 7) is 0. The number of aromatic nitrogens is 2. The summed E-state index contributed by atoms with van der Waals surface area (Å²) in [5.41, 5.74) is 8.43. The Balaban J connectivity index is 2.31. The van der Waals surface area contributed by atoms with Crippen LogP contribution in [0.25, 0.3) is 0 Å². The van der Waals surface area contributed by atoms with E-state index >= 15 is 0 Å². The van der Waals surface area contributed by atoms with Gasteiger partial charge >= 0.3 is 0 Å². The molecule has 1 aromatic carbocycles. The third-order valence-corrected chi connectivity index (χ3v) is 2.84. The van der Waals surface area contributed by atoms with E-state index in [0.717, 1.165) is 11.3 Å². The molecular formula is C12H13N3OS. The predicted octanol–water partition coefficient (Wildman–Crippen LogP) is 1.90. The molecule has 0 unspecified atom stereocenters. The van der Waals surface area contributed by atoms with E-state index in [1.807, 2.05) is 30.3 Å². The van der Waals surface area contributed by atoms with Gasteiger partial charge in [-0.3, -0.25) is 5.10 Å². The second-order valence-corrected chi connectivity index (χ2v) is 3.98. The number of nitrogen functional groups attached to an aromatic ring is 1. The number of nitrogens with two attached hydrogens (primary N) is 1. The topological polar surface area (TPSA) is 63.9 Å². The number of methoxy groups -OCH3 is 1. The quantitative estimate of drug-likeness (QED) is 0.813. The lowest BCUT2D eigenvalue weighted by atomic mass is 10.1. The lowest BCUT2D eigenvalue weighted by Crippen LogP contribution is -2.06. The van der Waals surface area contributed by atoms with Crippen LogP contribution in [0.1, 0.15) is 16.8 Å². The van der Waals surface area contributed by atoms with Crippen LogP contribution in [0.2, 0.25) is 0 Å². The largest absolute Gasteiger partial charge is 0.486 e. The molecule has 3 N–H and O–H groups in total. The Labute approximate surface area is 105 Å². The summed E-state index contributed by atoms with van der Waals surface area (Å²) in [6.07, 6.45) is 0.674. The van der Waals surface area contributed by atoms with Gasteiger partial charge in [-0.15, -0.1) is 0 Å². The van der Waals surface area contributed by atoms with Crippen molar-refractivity contribution in [1.82, 2.24) is 10.2 Å². The number of nitrogens with zero attached hydrogens (tertiary/aromatic N) is 1. The average molecular weight is 247 g/mol. The third kappa shape index (κ3) is 2.45. The van der Waals surface area contributed by atoms with Gasteiger partial charge in [-0.25, -0.2) is 0 Å². The summed E-state index contributed by atoms with van der Waals surface area (Å²) >= 11 is 5.10. The minimum Gasteiger partial charge on any atom is -0.486 e. The average Bonchev–Trinajstić information content (AvgIpc) is 2.71. The van der Waals surface area contributed by atoms with E-state index in [9.17, 15) is 0 Å². The van der Waals surface area contributed by atoms with Crippen LogP contribution >= 0.6 is 12.2 Å². The maximum Gasteiger partial charge on any atom is 0.196 e. The number of benzene rings is 1. The van der Waals surface area contributed by atoms with Crippen molar-refractivity contribution in [2.24, 2.45) is 0 Å². The van der Waals surface area contributed by atoms with Gasteiger partial charge in [-0.05, 0) is 17.8 Å². The Kier molecular flexibility index (Phi) is 3.39. The van der Waals surface area contributed by atoms with Crippen molar-refractivity contribution in [2.75, 3.05) is 12.8 Å². The van der Waals surface area contributed by atoms with E-state index in [0.29, 0.717) is 22.9 Å². The molecule has 2 rings (SSSR count). The van der Waals surface area contributed by atoms with Gasteiger partial charge in [0.05, 0.1) is 18.4 Å². The SMILES string of the molecule is COC(=S)c1c(Cc2ccccc2)n[nH]c1N. The summed E-state index contributed by atoms with van der Waals surface area (Å²) in [6, 6.07) is 10.0. The molecule has 0 amide bonds. The van der Waals surface area contributed by atoms with Gasteiger partial charge in [-0.1, -0.05) is 30.3 Å². The predicted molar refractivity (Wildman–Crippen MR) is 71.0 cm³/mol. The maximum atomic E-state index is 5.79. The molecule has 5 heteroatoms. The molecule has 88 valence electrons. The lowest BCUT2D eigenvalue weighted by molar-refractivity contribution is 0.416. The molecule has 0 saturated heterocycles. The molecule has 1 heterocycles. The fourth-order valence-electron chi connectivity index (χ4n) is 1.64. The van der Waals surface area contributed by atoms with Crippen LogP contribution in [-0.2, 0) is 11.2 Å². The number of hydrogen-bond donors (Lipinski definition) is 2. The van der Waals surface area contributed by atoms with E-state index in [1.165, 1.54) is 7.11 Å². The zero-order valence-corrected chi connectivity index (χ0v) is 10.3. The molecule has 0 saturated carbocycles. The molecule has 0 aliphatic carbocycles. The van der Waals surface area contributed by atoms with E-state index in [1.54, 1.807) is 0 Å². The molecular weight excluding hydrogens is 234 g/mol. The van der Waals surface area contributed by atoms with E-state index in [-0.39, 0.29) is 0 Å². The Morgan fingerprint density at radius 3 is 2.76 bits per heavy atom. The van der Waals surface area contributed by atoms with E-state index in [4.69, 9.17) is 22.7 Å². The highest BCUT2D eigenvalue weighted by Gasteiger charge is 2.16. The maximum absolute atomic E-state index is 5.79. The smallest absolute Gasteiger partial charge is 0.196 e. The Morgan fingerprint density at radius 2 is 2.12 bits per heavy atom. The molecule has 4 nitrogen and oxygen atoms in total. The Bertz CT molecular complexity index is 522. The number of ether oxygens (including phenoxy) is 1. The minimum absolute atomic E-state index is 0.363. The van der Waals surface area contributed by atoms with Crippen molar-refractivity contribution < 1.29 is 4.74 Å². The second-order valence-electron chi connectivity index (χ2n) is 3.61. The summed E-state index contributed by atoms with van der Waals surface area (Å²) < 4.78 is 5.05. The van der Waals surface area contributed by atoms with Crippen molar-refractivity contribution in [3.05, 3.63) is 47.2 Å². The van der Waals surface area contributed by atoms with Crippen LogP contribution in [-0.4, -0.2) is 22.4 Å². The summed E-state index contributed by atoms with van der Waals surface area (Å²) in [5.74, 6) is 0.447. The monoisotopic (exact) mass is 247 g/mol. The molecule has 0 fully saturated rings. The summed E-state index contributed by atoms with van der Waals surface area (Å²) in [5, 5.41) is 7.26. The number of rotatable bonds is 3. The number of thiocarbonyl (C=S) groups is 1. The molecule has 1 aromatic heterocycles. The Hall–Kier alpha value is -1.88.